The average molecular weight is 229 g/mol. The van der Waals surface area contributed by atoms with E-state index in [1.54, 1.807) is 0 Å². The second-order valence-electron chi connectivity index (χ2n) is 4.05. The van der Waals surface area contributed by atoms with Crippen molar-refractivity contribution in [1.82, 2.24) is 4.72 Å². The molecule has 0 heterocycles. The van der Waals surface area contributed by atoms with Crippen LogP contribution >= 0.6 is 0 Å². The molecule has 0 aliphatic heterocycles. The molecule has 0 aromatic carbocycles. The molecule has 15 heavy (non-hydrogen) atoms. The van der Waals surface area contributed by atoms with E-state index in [4.69, 9.17) is 6.42 Å². The smallest absolute Gasteiger partial charge is 0.212 e. The van der Waals surface area contributed by atoms with Gasteiger partial charge in [-0.3, -0.25) is 0 Å². The molecule has 1 unspecified atom stereocenters. The Morgan fingerprint density at radius 2 is 2.00 bits per heavy atom. The molecular formula is C11H19NO2S. The minimum Gasteiger partial charge on any atom is -0.212 e. The van der Waals surface area contributed by atoms with Crippen LogP contribution in [-0.4, -0.2) is 19.7 Å². The molecule has 1 aliphatic carbocycles. The molecule has 1 atom stereocenters. The van der Waals surface area contributed by atoms with Crippen LogP contribution in [0.1, 0.15) is 45.4 Å². The Labute approximate surface area is 92.7 Å². The fourth-order valence-corrected chi connectivity index (χ4v) is 3.68. The summed E-state index contributed by atoms with van der Waals surface area (Å²) < 4.78 is 26.4. The van der Waals surface area contributed by atoms with E-state index in [-0.39, 0.29) is 11.3 Å². The Morgan fingerprint density at radius 3 is 2.47 bits per heavy atom. The Bertz CT molecular complexity index is 323. The summed E-state index contributed by atoms with van der Waals surface area (Å²) in [5.41, 5.74) is 0. The summed E-state index contributed by atoms with van der Waals surface area (Å²) in [7, 11) is -3.20. The van der Waals surface area contributed by atoms with Crippen LogP contribution in [0.25, 0.3) is 0 Å². The Kier molecular flexibility index (Phi) is 4.62. The van der Waals surface area contributed by atoms with E-state index in [0.29, 0.717) is 6.42 Å². The normalized spacial score (nSPS) is 20.8. The van der Waals surface area contributed by atoms with E-state index in [2.05, 4.69) is 10.6 Å². The summed E-state index contributed by atoms with van der Waals surface area (Å²) in [5, 5.41) is -0.228. The van der Waals surface area contributed by atoms with E-state index in [0.717, 1.165) is 32.1 Å². The molecule has 1 rings (SSSR count). The van der Waals surface area contributed by atoms with Crippen LogP contribution in [-0.2, 0) is 10.0 Å². The van der Waals surface area contributed by atoms with Gasteiger partial charge < -0.3 is 0 Å². The molecule has 1 fully saturated rings. The van der Waals surface area contributed by atoms with Gasteiger partial charge in [-0.05, 0) is 19.3 Å². The van der Waals surface area contributed by atoms with E-state index >= 15 is 0 Å². The van der Waals surface area contributed by atoms with Crippen molar-refractivity contribution in [3.05, 3.63) is 0 Å². The predicted molar refractivity (Wildman–Crippen MR) is 61.8 cm³/mol. The zero-order valence-electron chi connectivity index (χ0n) is 9.20. The van der Waals surface area contributed by atoms with Crippen LogP contribution in [0.5, 0.6) is 0 Å². The van der Waals surface area contributed by atoms with E-state index in [1.807, 2.05) is 6.92 Å². The van der Waals surface area contributed by atoms with Gasteiger partial charge in [-0.1, -0.05) is 32.1 Å². The maximum atomic E-state index is 11.9. The Balaban J connectivity index is 2.61. The quantitative estimate of drug-likeness (QED) is 0.745. The highest BCUT2D eigenvalue weighted by molar-refractivity contribution is 7.90. The van der Waals surface area contributed by atoms with Crippen molar-refractivity contribution in [3.63, 3.8) is 0 Å². The lowest BCUT2D eigenvalue weighted by Gasteiger charge is -2.23. The molecule has 1 saturated carbocycles. The van der Waals surface area contributed by atoms with Gasteiger partial charge in [-0.25, -0.2) is 13.1 Å². The van der Waals surface area contributed by atoms with E-state index < -0.39 is 10.0 Å². The summed E-state index contributed by atoms with van der Waals surface area (Å²) in [6.45, 7) is 1.88. The van der Waals surface area contributed by atoms with Gasteiger partial charge in [0.25, 0.3) is 0 Å². The molecule has 0 spiro atoms. The minimum absolute atomic E-state index is 0.228. The first kappa shape index (κ1) is 12.5. The largest absolute Gasteiger partial charge is 0.215 e. The van der Waals surface area contributed by atoms with E-state index in [9.17, 15) is 8.42 Å². The summed E-state index contributed by atoms with van der Waals surface area (Å²) >= 11 is 0. The molecule has 0 radical (unpaired) electrons. The number of hydrogen-bond acceptors (Lipinski definition) is 2. The summed E-state index contributed by atoms with van der Waals surface area (Å²) in [4.78, 5) is 0. The third-order valence-corrected chi connectivity index (χ3v) is 4.87. The molecule has 0 amide bonds. The average Bonchev–Trinajstić information content (AvgIpc) is 2.27. The van der Waals surface area contributed by atoms with Crippen molar-refractivity contribution >= 4 is 10.0 Å². The highest BCUT2D eigenvalue weighted by Gasteiger charge is 2.28. The van der Waals surface area contributed by atoms with Crippen molar-refractivity contribution in [3.8, 4) is 12.3 Å². The first-order valence-corrected chi connectivity index (χ1v) is 7.12. The topological polar surface area (TPSA) is 46.2 Å². The van der Waals surface area contributed by atoms with Gasteiger partial charge >= 0.3 is 0 Å². The van der Waals surface area contributed by atoms with Gasteiger partial charge in [0.2, 0.25) is 10.0 Å². The van der Waals surface area contributed by atoms with E-state index in [1.165, 1.54) is 0 Å². The van der Waals surface area contributed by atoms with Gasteiger partial charge in [0.05, 0.1) is 11.3 Å². The van der Waals surface area contributed by atoms with Crippen LogP contribution < -0.4 is 4.72 Å². The van der Waals surface area contributed by atoms with Crippen LogP contribution in [0, 0.1) is 12.3 Å². The predicted octanol–water partition coefficient (Wildman–Crippen LogP) is 1.65. The third-order valence-electron chi connectivity index (χ3n) is 2.91. The monoisotopic (exact) mass is 229 g/mol. The molecule has 4 heteroatoms. The number of rotatable bonds is 4. The second-order valence-corrected chi connectivity index (χ2v) is 6.04. The maximum Gasteiger partial charge on any atom is 0.215 e. The van der Waals surface area contributed by atoms with Gasteiger partial charge in [-0.2, -0.15) is 0 Å². The number of sulfonamides is 1. The van der Waals surface area contributed by atoms with Crippen LogP contribution in [0.3, 0.4) is 0 Å². The SMILES string of the molecule is C#CC(CC)NS(=O)(=O)C1CCCCC1. The maximum absolute atomic E-state index is 11.9. The zero-order chi connectivity index (χ0) is 11.3. The van der Waals surface area contributed by atoms with Gasteiger partial charge in [0.15, 0.2) is 0 Å². The molecular weight excluding hydrogens is 210 g/mol. The lowest BCUT2D eigenvalue weighted by atomic mass is 10.0. The van der Waals surface area contributed by atoms with Crippen molar-refractivity contribution in [2.75, 3.05) is 0 Å². The number of nitrogens with one attached hydrogen (secondary N) is 1. The third kappa shape index (κ3) is 3.51. The molecule has 0 bridgehead atoms. The van der Waals surface area contributed by atoms with Gasteiger partial charge in [0.1, 0.15) is 0 Å². The van der Waals surface area contributed by atoms with Crippen molar-refractivity contribution in [1.29, 1.82) is 0 Å². The molecule has 0 aromatic heterocycles. The van der Waals surface area contributed by atoms with Gasteiger partial charge in [-0.15, -0.1) is 6.42 Å². The number of hydrogen-bond donors (Lipinski definition) is 1. The lowest BCUT2D eigenvalue weighted by molar-refractivity contribution is 0.474. The molecule has 0 aromatic rings. The molecule has 1 N–H and O–H groups in total. The lowest BCUT2D eigenvalue weighted by Crippen LogP contribution is -2.40. The molecule has 1 aliphatic rings. The van der Waals surface area contributed by atoms with Crippen LogP contribution in [0.2, 0.25) is 0 Å². The van der Waals surface area contributed by atoms with Crippen molar-refractivity contribution in [2.24, 2.45) is 0 Å². The Morgan fingerprint density at radius 1 is 1.40 bits per heavy atom. The summed E-state index contributed by atoms with van der Waals surface area (Å²) in [6, 6.07) is -0.350. The van der Waals surface area contributed by atoms with Crippen molar-refractivity contribution in [2.45, 2.75) is 56.7 Å². The number of terminal acetylenes is 1. The second kappa shape index (κ2) is 5.53. The minimum atomic E-state index is -3.20. The fraction of sp³-hybridized carbons (Fsp3) is 0.818. The van der Waals surface area contributed by atoms with Crippen LogP contribution in [0.15, 0.2) is 0 Å². The summed E-state index contributed by atoms with van der Waals surface area (Å²) in [5.74, 6) is 2.46. The summed E-state index contributed by atoms with van der Waals surface area (Å²) in [6.07, 6.45) is 10.6. The highest BCUT2D eigenvalue weighted by Crippen LogP contribution is 2.23. The molecule has 86 valence electrons. The molecule has 0 saturated heterocycles. The fourth-order valence-electron chi connectivity index (χ4n) is 1.91. The highest BCUT2D eigenvalue weighted by atomic mass is 32.2. The standard InChI is InChI=1S/C11H19NO2S/c1-3-10(4-2)12-15(13,14)11-8-6-5-7-9-11/h1,10-12H,4-9H2,2H3. The first-order valence-electron chi connectivity index (χ1n) is 5.57. The first-order chi connectivity index (χ1) is 7.10. The van der Waals surface area contributed by atoms with Gasteiger partial charge in [0, 0.05) is 0 Å². The van der Waals surface area contributed by atoms with Crippen molar-refractivity contribution < 1.29 is 8.42 Å². The Hall–Kier alpha value is -0.530. The molecule has 3 nitrogen and oxygen atoms in total. The zero-order valence-corrected chi connectivity index (χ0v) is 10.0. The van der Waals surface area contributed by atoms with Crippen LogP contribution in [0.4, 0.5) is 0 Å².